The Morgan fingerprint density at radius 3 is 2.48 bits per heavy atom. The molecule has 0 radical (unpaired) electrons. The van der Waals surface area contributed by atoms with Gasteiger partial charge in [0.2, 0.25) is 5.88 Å². The van der Waals surface area contributed by atoms with Gasteiger partial charge in [-0.3, -0.25) is 4.90 Å². The van der Waals surface area contributed by atoms with Crippen molar-refractivity contribution >= 4 is 21.6 Å². The van der Waals surface area contributed by atoms with Gasteiger partial charge in [0.05, 0.1) is 32.3 Å². The van der Waals surface area contributed by atoms with Crippen LogP contribution in [0.1, 0.15) is 5.82 Å². The van der Waals surface area contributed by atoms with Gasteiger partial charge in [-0.1, -0.05) is 42.5 Å². The maximum Gasteiger partial charge on any atom is 0.232 e. The van der Waals surface area contributed by atoms with Gasteiger partial charge in [-0.05, 0) is 17.7 Å². The molecule has 0 unspecified atom stereocenters. The molecule has 0 N–H and O–H groups in total. The highest BCUT2D eigenvalue weighted by molar-refractivity contribution is 7.17. The second-order valence-electron chi connectivity index (χ2n) is 7.28. The minimum atomic E-state index is 0.554. The number of benzene rings is 2. The van der Waals surface area contributed by atoms with Crippen molar-refractivity contribution in [2.45, 2.75) is 6.54 Å². The lowest BCUT2D eigenvalue weighted by Crippen LogP contribution is -2.36. The minimum Gasteiger partial charge on any atom is -0.493 e. The smallest absolute Gasteiger partial charge is 0.232 e. The zero-order valence-corrected chi connectivity index (χ0v) is 18.1. The van der Waals surface area contributed by atoms with Crippen molar-refractivity contribution in [1.29, 1.82) is 0 Å². The predicted molar refractivity (Wildman–Crippen MR) is 122 cm³/mol. The lowest BCUT2D eigenvalue weighted by Gasteiger charge is -2.25. The molecule has 0 atom stereocenters. The first-order chi connectivity index (χ1) is 15.3. The molecule has 1 saturated heterocycles. The standard InChI is InChI=1S/C24H23N3O3S/c1-28-19-9-5-6-10-20(19)30-23-22-18(17-7-3-2-4-8-17)16-31-24(22)26-21(25-23)15-27-11-13-29-14-12-27/h2-10,16H,11-15H2,1H3. The molecular weight excluding hydrogens is 410 g/mol. The van der Waals surface area contributed by atoms with Crippen LogP contribution in [0.4, 0.5) is 0 Å². The van der Waals surface area contributed by atoms with Crippen LogP contribution < -0.4 is 9.47 Å². The quantitative estimate of drug-likeness (QED) is 0.427. The van der Waals surface area contributed by atoms with Crippen LogP contribution in [0.15, 0.2) is 60.0 Å². The summed E-state index contributed by atoms with van der Waals surface area (Å²) in [6, 6.07) is 17.9. The second kappa shape index (κ2) is 9.01. The van der Waals surface area contributed by atoms with E-state index in [2.05, 4.69) is 22.4 Å². The minimum absolute atomic E-state index is 0.554. The van der Waals surface area contributed by atoms with Crippen molar-refractivity contribution in [1.82, 2.24) is 14.9 Å². The number of thiophene rings is 1. The Bertz CT molecular complexity index is 1170. The summed E-state index contributed by atoms with van der Waals surface area (Å²) < 4.78 is 17.3. The lowest BCUT2D eigenvalue weighted by molar-refractivity contribution is 0.0330. The van der Waals surface area contributed by atoms with Crippen molar-refractivity contribution in [3.63, 3.8) is 0 Å². The van der Waals surface area contributed by atoms with Crippen LogP contribution in [-0.2, 0) is 11.3 Å². The first kappa shape index (κ1) is 19.9. The Morgan fingerprint density at radius 1 is 0.968 bits per heavy atom. The fourth-order valence-corrected chi connectivity index (χ4v) is 4.65. The Labute approximate surface area is 185 Å². The Morgan fingerprint density at radius 2 is 1.71 bits per heavy atom. The highest BCUT2D eigenvalue weighted by Gasteiger charge is 2.20. The number of fused-ring (bicyclic) bond motifs is 1. The van der Waals surface area contributed by atoms with Gasteiger partial charge < -0.3 is 14.2 Å². The molecule has 1 aliphatic heterocycles. The highest BCUT2D eigenvalue weighted by atomic mass is 32.1. The fourth-order valence-electron chi connectivity index (χ4n) is 3.69. The molecule has 6 nitrogen and oxygen atoms in total. The average molecular weight is 434 g/mol. The molecular formula is C24H23N3O3S. The van der Waals surface area contributed by atoms with Crippen molar-refractivity contribution < 1.29 is 14.2 Å². The summed E-state index contributed by atoms with van der Waals surface area (Å²) in [5.74, 6) is 2.60. The molecule has 2 aromatic heterocycles. The number of methoxy groups -OCH3 is 1. The predicted octanol–water partition coefficient (Wildman–Crippen LogP) is 4.99. The summed E-state index contributed by atoms with van der Waals surface area (Å²) >= 11 is 1.61. The van der Waals surface area contributed by atoms with Gasteiger partial charge >= 0.3 is 0 Å². The van der Waals surface area contributed by atoms with E-state index in [1.165, 1.54) is 0 Å². The molecule has 2 aromatic carbocycles. The van der Waals surface area contributed by atoms with Crippen molar-refractivity contribution in [2.75, 3.05) is 33.4 Å². The molecule has 0 amide bonds. The maximum absolute atomic E-state index is 6.35. The summed E-state index contributed by atoms with van der Waals surface area (Å²) in [6.45, 7) is 3.90. The van der Waals surface area contributed by atoms with Crippen LogP contribution in [0, 0.1) is 0 Å². The SMILES string of the molecule is COc1ccccc1Oc1nc(CN2CCOCC2)nc2scc(-c3ccccc3)c12. The largest absolute Gasteiger partial charge is 0.493 e. The molecule has 1 aliphatic rings. The zero-order chi connectivity index (χ0) is 21.0. The van der Waals surface area contributed by atoms with Gasteiger partial charge in [-0.25, -0.2) is 4.98 Å². The summed E-state index contributed by atoms with van der Waals surface area (Å²) in [7, 11) is 1.64. The van der Waals surface area contributed by atoms with Gasteiger partial charge in [0.25, 0.3) is 0 Å². The Balaban J connectivity index is 1.60. The van der Waals surface area contributed by atoms with Gasteiger partial charge in [-0.2, -0.15) is 4.98 Å². The normalized spacial score (nSPS) is 14.6. The third kappa shape index (κ3) is 4.25. The van der Waals surface area contributed by atoms with Gasteiger partial charge in [0, 0.05) is 24.0 Å². The molecule has 4 aromatic rings. The van der Waals surface area contributed by atoms with E-state index in [9.17, 15) is 0 Å². The van der Waals surface area contributed by atoms with Crippen LogP contribution >= 0.6 is 11.3 Å². The number of nitrogens with zero attached hydrogens (tertiary/aromatic N) is 3. The second-order valence-corrected chi connectivity index (χ2v) is 8.14. The van der Waals surface area contributed by atoms with Crippen molar-refractivity contribution in [3.8, 4) is 28.5 Å². The monoisotopic (exact) mass is 433 g/mol. The average Bonchev–Trinajstić information content (AvgIpc) is 3.25. The number of aromatic nitrogens is 2. The van der Waals surface area contributed by atoms with Crippen LogP contribution in [0.2, 0.25) is 0 Å². The van der Waals surface area contributed by atoms with Crippen molar-refractivity contribution in [2.24, 2.45) is 0 Å². The number of para-hydroxylation sites is 2. The van der Waals surface area contributed by atoms with Gasteiger partial charge in [-0.15, -0.1) is 11.3 Å². The summed E-state index contributed by atoms with van der Waals surface area (Å²) in [4.78, 5) is 13.0. The molecule has 0 saturated carbocycles. The Hall–Kier alpha value is -3.00. The van der Waals surface area contributed by atoms with Gasteiger partial charge in [0.15, 0.2) is 11.5 Å². The van der Waals surface area contributed by atoms with Crippen LogP contribution in [0.5, 0.6) is 17.4 Å². The third-order valence-corrected chi connectivity index (χ3v) is 6.15. The van der Waals surface area contributed by atoms with Crippen LogP contribution in [0.25, 0.3) is 21.3 Å². The van der Waals surface area contributed by atoms with E-state index in [-0.39, 0.29) is 0 Å². The lowest BCUT2D eigenvalue weighted by atomic mass is 10.1. The van der Waals surface area contributed by atoms with E-state index in [1.807, 2.05) is 42.5 Å². The topological polar surface area (TPSA) is 56.7 Å². The van der Waals surface area contributed by atoms with E-state index in [1.54, 1.807) is 18.4 Å². The number of morpholine rings is 1. The van der Waals surface area contributed by atoms with E-state index < -0.39 is 0 Å². The van der Waals surface area contributed by atoms with E-state index in [0.717, 1.165) is 53.5 Å². The fraction of sp³-hybridized carbons (Fsp3) is 0.250. The number of hydrogen-bond acceptors (Lipinski definition) is 7. The highest BCUT2D eigenvalue weighted by Crippen LogP contribution is 2.41. The van der Waals surface area contributed by atoms with Crippen molar-refractivity contribution in [3.05, 3.63) is 65.8 Å². The van der Waals surface area contributed by atoms with E-state index in [0.29, 0.717) is 23.9 Å². The Kier molecular flexibility index (Phi) is 5.80. The van der Waals surface area contributed by atoms with E-state index >= 15 is 0 Å². The molecule has 3 heterocycles. The number of rotatable bonds is 6. The number of hydrogen-bond donors (Lipinski definition) is 0. The third-order valence-electron chi connectivity index (χ3n) is 5.28. The summed E-state index contributed by atoms with van der Waals surface area (Å²) in [5.41, 5.74) is 2.19. The molecule has 0 spiro atoms. The molecule has 1 fully saturated rings. The molecule has 7 heteroatoms. The first-order valence-electron chi connectivity index (χ1n) is 10.3. The molecule has 0 aliphatic carbocycles. The summed E-state index contributed by atoms with van der Waals surface area (Å²) in [6.07, 6.45) is 0. The summed E-state index contributed by atoms with van der Waals surface area (Å²) in [5, 5.41) is 3.05. The maximum atomic E-state index is 6.35. The molecule has 158 valence electrons. The molecule has 5 rings (SSSR count). The molecule has 0 bridgehead atoms. The molecule has 31 heavy (non-hydrogen) atoms. The van der Waals surface area contributed by atoms with Crippen LogP contribution in [0.3, 0.4) is 0 Å². The number of ether oxygens (including phenoxy) is 3. The zero-order valence-electron chi connectivity index (χ0n) is 17.3. The van der Waals surface area contributed by atoms with Gasteiger partial charge in [0.1, 0.15) is 10.7 Å². The van der Waals surface area contributed by atoms with Crippen LogP contribution in [-0.4, -0.2) is 48.3 Å². The first-order valence-corrected chi connectivity index (χ1v) is 11.1. The van der Waals surface area contributed by atoms with E-state index in [4.69, 9.17) is 24.2 Å².